The van der Waals surface area contributed by atoms with E-state index in [1.807, 2.05) is 0 Å². The number of thiophene rings is 1. The van der Waals surface area contributed by atoms with Crippen LogP contribution in [0.5, 0.6) is 5.75 Å². The van der Waals surface area contributed by atoms with Crippen LogP contribution in [0.1, 0.15) is 85.1 Å². The number of rotatable bonds is 8. The molecule has 0 amide bonds. The molecule has 3 rings (SSSR count). The number of hydrogen-bond acceptors (Lipinski definition) is 7. The van der Waals surface area contributed by atoms with Crippen molar-refractivity contribution in [1.82, 2.24) is 0 Å². The fourth-order valence-electron chi connectivity index (χ4n) is 4.48. The van der Waals surface area contributed by atoms with Crippen molar-refractivity contribution < 1.29 is 24.2 Å². The molecule has 174 valence electrons. The Morgan fingerprint density at radius 2 is 1.78 bits per heavy atom. The molecule has 2 aromatic rings. The summed E-state index contributed by atoms with van der Waals surface area (Å²) in [5.74, 6) is 1.04. The predicted molar refractivity (Wildman–Crippen MR) is 126 cm³/mol. The van der Waals surface area contributed by atoms with Gasteiger partial charge in [0.1, 0.15) is 10.6 Å². The highest BCUT2D eigenvalue weighted by Gasteiger charge is 2.29. The second kappa shape index (κ2) is 11.0. The zero-order chi connectivity index (χ0) is 23.3. The van der Waals surface area contributed by atoms with Gasteiger partial charge in [0.2, 0.25) is 0 Å². The van der Waals surface area contributed by atoms with Gasteiger partial charge in [-0.3, -0.25) is 4.79 Å². The SMILES string of the molecule is COC(=O)c1cc(NC(O)c2ccc(OC(C)=O)cc2)c([C@H](C)C(C)C2CCCCC2)s1. The van der Waals surface area contributed by atoms with Gasteiger partial charge in [-0.25, -0.2) is 4.79 Å². The van der Waals surface area contributed by atoms with Gasteiger partial charge in [-0.2, -0.15) is 0 Å². The number of nitrogens with one attached hydrogen (secondary N) is 1. The minimum atomic E-state index is -0.975. The van der Waals surface area contributed by atoms with Crippen molar-refractivity contribution in [2.45, 2.75) is 65.0 Å². The summed E-state index contributed by atoms with van der Waals surface area (Å²) in [5, 5.41) is 14.0. The molecule has 2 N–H and O–H groups in total. The van der Waals surface area contributed by atoms with E-state index in [-0.39, 0.29) is 11.9 Å². The number of benzene rings is 1. The Morgan fingerprint density at radius 1 is 1.12 bits per heavy atom. The van der Waals surface area contributed by atoms with E-state index in [0.29, 0.717) is 28.0 Å². The monoisotopic (exact) mass is 459 g/mol. The fraction of sp³-hybridized carbons (Fsp3) is 0.520. The number of carbonyl (C=O) groups excluding carboxylic acids is 2. The molecule has 1 saturated carbocycles. The minimum Gasteiger partial charge on any atom is -0.465 e. The second-order valence-electron chi connectivity index (χ2n) is 8.64. The predicted octanol–water partition coefficient (Wildman–Crippen LogP) is 5.88. The lowest BCUT2D eigenvalue weighted by Crippen LogP contribution is -2.20. The van der Waals surface area contributed by atoms with E-state index in [2.05, 4.69) is 19.2 Å². The average Bonchev–Trinajstić information content (AvgIpc) is 3.21. The molecule has 0 spiro atoms. The van der Waals surface area contributed by atoms with Crippen LogP contribution >= 0.6 is 11.3 Å². The highest BCUT2D eigenvalue weighted by Crippen LogP contribution is 2.44. The number of anilines is 1. The molecule has 7 heteroatoms. The minimum absolute atomic E-state index is 0.238. The normalized spacial score (nSPS) is 17.3. The summed E-state index contributed by atoms with van der Waals surface area (Å²) in [4.78, 5) is 24.9. The van der Waals surface area contributed by atoms with E-state index >= 15 is 0 Å². The summed E-state index contributed by atoms with van der Waals surface area (Å²) in [7, 11) is 1.38. The topological polar surface area (TPSA) is 84.9 Å². The van der Waals surface area contributed by atoms with Gasteiger partial charge < -0.3 is 19.9 Å². The number of aliphatic hydroxyl groups excluding tert-OH is 1. The lowest BCUT2D eigenvalue weighted by molar-refractivity contribution is -0.131. The number of carbonyl (C=O) groups is 2. The molecule has 1 aromatic carbocycles. The van der Waals surface area contributed by atoms with E-state index in [0.717, 1.165) is 10.6 Å². The molecular formula is C25H33NO5S. The molecule has 1 heterocycles. The van der Waals surface area contributed by atoms with E-state index in [1.54, 1.807) is 30.3 Å². The number of ether oxygens (including phenoxy) is 2. The third-order valence-corrected chi connectivity index (χ3v) is 7.81. The second-order valence-corrected chi connectivity index (χ2v) is 9.72. The molecule has 1 aliphatic carbocycles. The summed E-state index contributed by atoms with van der Waals surface area (Å²) >= 11 is 1.43. The Labute approximate surface area is 193 Å². The summed E-state index contributed by atoms with van der Waals surface area (Å²) in [6.45, 7) is 5.85. The lowest BCUT2D eigenvalue weighted by Gasteiger charge is -2.32. The van der Waals surface area contributed by atoms with Gasteiger partial charge in [0, 0.05) is 17.4 Å². The molecule has 0 saturated heterocycles. The van der Waals surface area contributed by atoms with E-state index in [1.165, 1.54) is 57.5 Å². The maximum atomic E-state index is 12.2. The Bertz CT molecular complexity index is 917. The first-order chi connectivity index (χ1) is 15.3. The van der Waals surface area contributed by atoms with Crippen molar-refractivity contribution in [2.24, 2.45) is 11.8 Å². The van der Waals surface area contributed by atoms with Gasteiger partial charge in [0.25, 0.3) is 0 Å². The van der Waals surface area contributed by atoms with Gasteiger partial charge in [0.05, 0.1) is 12.8 Å². The first kappa shape index (κ1) is 24.3. The van der Waals surface area contributed by atoms with Crippen molar-refractivity contribution in [3.63, 3.8) is 0 Å². The smallest absolute Gasteiger partial charge is 0.348 e. The van der Waals surface area contributed by atoms with Crippen molar-refractivity contribution in [2.75, 3.05) is 12.4 Å². The molecule has 6 nitrogen and oxygen atoms in total. The molecule has 1 aromatic heterocycles. The molecule has 2 unspecified atom stereocenters. The van der Waals surface area contributed by atoms with Crippen LogP contribution < -0.4 is 10.1 Å². The molecule has 32 heavy (non-hydrogen) atoms. The first-order valence-corrected chi connectivity index (χ1v) is 12.1. The molecule has 1 fully saturated rings. The van der Waals surface area contributed by atoms with Gasteiger partial charge >= 0.3 is 11.9 Å². The first-order valence-electron chi connectivity index (χ1n) is 11.2. The van der Waals surface area contributed by atoms with Gasteiger partial charge in [-0.15, -0.1) is 11.3 Å². The van der Waals surface area contributed by atoms with Crippen LogP contribution in [0.2, 0.25) is 0 Å². The summed E-state index contributed by atoms with van der Waals surface area (Å²) in [5.41, 5.74) is 1.38. The van der Waals surface area contributed by atoms with Crippen LogP contribution in [0.15, 0.2) is 30.3 Å². The third kappa shape index (κ3) is 5.90. The van der Waals surface area contributed by atoms with E-state index < -0.39 is 12.2 Å². The summed E-state index contributed by atoms with van der Waals surface area (Å²) in [6, 6.07) is 8.47. The summed E-state index contributed by atoms with van der Waals surface area (Å²) < 4.78 is 9.99. The molecule has 0 radical (unpaired) electrons. The Balaban J connectivity index is 1.81. The van der Waals surface area contributed by atoms with Crippen molar-refractivity contribution >= 4 is 29.0 Å². The van der Waals surface area contributed by atoms with Crippen LogP contribution in [0.4, 0.5) is 5.69 Å². The highest BCUT2D eigenvalue weighted by atomic mass is 32.1. The fourth-order valence-corrected chi connectivity index (χ4v) is 5.69. The van der Waals surface area contributed by atoms with Gasteiger partial charge in [-0.1, -0.05) is 58.1 Å². The largest absolute Gasteiger partial charge is 0.465 e. The third-order valence-electron chi connectivity index (χ3n) is 6.49. The Hall–Kier alpha value is -2.38. The van der Waals surface area contributed by atoms with Crippen molar-refractivity contribution in [1.29, 1.82) is 0 Å². The maximum Gasteiger partial charge on any atom is 0.348 e. The van der Waals surface area contributed by atoms with Gasteiger partial charge in [-0.05, 0) is 36.0 Å². The van der Waals surface area contributed by atoms with Crippen molar-refractivity contribution in [3.8, 4) is 5.75 Å². The van der Waals surface area contributed by atoms with Crippen LogP contribution in [-0.2, 0) is 9.53 Å². The highest BCUT2D eigenvalue weighted by molar-refractivity contribution is 7.14. The molecule has 3 atom stereocenters. The lowest BCUT2D eigenvalue weighted by atomic mass is 9.75. The quantitative estimate of drug-likeness (QED) is 0.291. The van der Waals surface area contributed by atoms with E-state index in [9.17, 15) is 14.7 Å². The maximum absolute atomic E-state index is 12.2. The Morgan fingerprint density at radius 3 is 2.38 bits per heavy atom. The molecule has 1 aliphatic rings. The number of hydrogen-bond donors (Lipinski definition) is 2. The number of aliphatic hydroxyl groups is 1. The standard InChI is InChI=1S/C25H33NO5S/c1-15(18-8-6-5-7-9-18)16(2)23-21(14-22(32-23)25(29)30-4)26-24(28)19-10-12-20(13-11-19)31-17(3)27/h10-16,18,24,26,28H,5-9H2,1-4H3/t15?,16-,24?/m1/s1. The van der Waals surface area contributed by atoms with E-state index in [4.69, 9.17) is 9.47 Å². The zero-order valence-corrected chi connectivity index (χ0v) is 20.0. The molecule has 0 aliphatic heterocycles. The number of methoxy groups -OCH3 is 1. The average molecular weight is 460 g/mol. The van der Waals surface area contributed by atoms with Crippen LogP contribution in [0.25, 0.3) is 0 Å². The Kier molecular flexibility index (Phi) is 8.32. The van der Waals surface area contributed by atoms with Crippen LogP contribution in [-0.4, -0.2) is 24.2 Å². The van der Waals surface area contributed by atoms with Crippen molar-refractivity contribution in [3.05, 3.63) is 45.6 Å². The number of esters is 2. The summed E-state index contributed by atoms with van der Waals surface area (Å²) in [6.07, 6.45) is 5.41. The molecular weight excluding hydrogens is 426 g/mol. The van der Waals surface area contributed by atoms with Crippen LogP contribution in [0.3, 0.4) is 0 Å². The zero-order valence-electron chi connectivity index (χ0n) is 19.2. The molecule has 0 bridgehead atoms. The van der Waals surface area contributed by atoms with Gasteiger partial charge in [0.15, 0.2) is 6.23 Å². The van der Waals surface area contributed by atoms with Crippen LogP contribution in [0, 0.1) is 11.8 Å².